The summed E-state index contributed by atoms with van der Waals surface area (Å²) in [5, 5.41) is 12.7. The predicted octanol–water partition coefficient (Wildman–Crippen LogP) is 3.42. The van der Waals surface area contributed by atoms with Crippen LogP contribution in [-0.4, -0.2) is 49.8 Å². The number of halogens is 1. The van der Waals surface area contributed by atoms with E-state index in [-0.39, 0.29) is 24.0 Å². The van der Waals surface area contributed by atoms with Crippen LogP contribution in [0.2, 0.25) is 0 Å². The Bertz CT molecular complexity index is 781. The van der Waals surface area contributed by atoms with Crippen molar-refractivity contribution >= 4 is 29.9 Å². The second-order valence-corrected chi connectivity index (χ2v) is 6.58. The Hall–Kier alpha value is -2.16. The van der Waals surface area contributed by atoms with E-state index in [1.165, 1.54) is 5.56 Å². The average Bonchev–Trinajstić information content (AvgIpc) is 2.69. The van der Waals surface area contributed by atoms with Gasteiger partial charge in [0.15, 0.2) is 17.5 Å². The van der Waals surface area contributed by atoms with Crippen LogP contribution >= 0.6 is 24.0 Å². The quantitative estimate of drug-likeness (QED) is 0.277. The molecule has 28 heavy (non-hydrogen) atoms. The second kappa shape index (κ2) is 11.0. The number of rotatable bonds is 6. The molecule has 0 amide bonds. The first-order valence-corrected chi connectivity index (χ1v) is 9.24. The number of nitrogens with zero attached hydrogens (tertiary/aromatic N) is 2. The number of guanidine groups is 1. The minimum atomic E-state index is 0. The molecule has 0 saturated heterocycles. The largest absolute Gasteiger partial charge is 0.508 e. The molecule has 6 nitrogen and oxygen atoms in total. The molecular weight excluding hydrogens is 469 g/mol. The first-order valence-electron chi connectivity index (χ1n) is 9.24. The van der Waals surface area contributed by atoms with E-state index in [0.29, 0.717) is 19.0 Å². The van der Waals surface area contributed by atoms with Crippen molar-refractivity contribution in [3.8, 4) is 17.2 Å². The Morgan fingerprint density at radius 1 is 1.07 bits per heavy atom. The lowest BCUT2D eigenvalue weighted by Crippen LogP contribution is -2.39. The van der Waals surface area contributed by atoms with E-state index < -0.39 is 0 Å². The van der Waals surface area contributed by atoms with E-state index in [0.717, 1.165) is 49.0 Å². The summed E-state index contributed by atoms with van der Waals surface area (Å²) >= 11 is 0. The molecule has 1 heterocycles. The summed E-state index contributed by atoms with van der Waals surface area (Å²) in [5.41, 5.74) is 2.36. The number of ether oxygens (including phenoxy) is 2. The van der Waals surface area contributed by atoms with Gasteiger partial charge < -0.3 is 24.8 Å². The standard InChI is InChI=1S/C21H27N3O3.HI/c1-22-21(23-11-3-4-16-5-8-18(25)9-6-16)24(2)15-17-7-10-19-20(14-17)27-13-12-26-19;/h5-10,14,25H,3-4,11-13,15H2,1-2H3,(H,22,23);1H. The maximum Gasteiger partial charge on any atom is 0.193 e. The van der Waals surface area contributed by atoms with Crippen molar-refractivity contribution in [3.05, 3.63) is 53.6 Å². The van der Waals surface area contributed by atoms with Gasteiger partial charge in [0, 0.05) is 27.2 Å². The second-order valence-electron chi connectivity index (χ2n) is 6.58. The number of aliphatic imine (C=N–C) groups is 1. The zero-order valence-electron chi connectivity index (χ0n) is 16.4. The summed E-state index contributed by atoms with van der Waals surface area (Å²) in [6.07, 6.45) is 1.94. The van der Waals surface area contributed by atoms with Crippen molar-refractivity contribution in [2.45, 2.75) is 19.4 Å². The summed E-state index contributed by atoms with van der Waals surface area (Å²) in [6.45, 7) is 2.76. The van der Waals surface area contributed by atoms with Gasteiger partial charge in [-0.15, -0.1) is 24.0 Å². The van der Waals surface area contributed by atoms with E-state index >= 15 is 0 Å². The highest BCUT2D eigenvalue weighted by Crippen LogP contribution is 2.31. The van der Waals surface area contributed by atoms with Crippen molar-refractivity contribution in [2.75, 3.05) is 33.9 Å². The lowest BCUT2D eigenvalue weighted by Gasteiger charge is -2.24. The van der Waals surface area contributed by atoms with Crippen LogP contribution in [0.25, 0.3) is 0 Å². The van der Waals surface area contributed by atoms with E-state index in [9.17, 15) is 5.11 Å². The molecular formula is C21H28IN3O3. The molecule has 3 rings (SSSR count). The van der Waals surface area contributed by atoms with Crippen molar-refractivity contribution in [2.24, 2.45) is 4.99 Å². The fraction of sp³-hybridized carbons (Fsp3) is 0.381. The number of fused-ring (bicyclic) bond motifs is 1. The molecule has 0 saturated carbocycles. The first kappa shape index (κ1) is 22.1. The smallest absolute Gasteiger partial charge is 0.193 e. The highest BCUT2D eigenvalue weighted by atomic mass is 127. The molecule has 7 heteroatoms. The van der Waals surface area contributed by atoms with Gasteiger partial charge in [-0.05, 0) is 48.2 Å². The fourth-order valence-electron chi connectivity index (χ4n) is 3.07. The molecule has 0 atom stereocenters. The van der Waals surface area contributed by atoms with Gasteiger partial charge in [0.25, 0.3) is 0 Å². The first-order chi connectivity index (χ1) is 13.2. The summed E-state index contributed by atoms with van der Waals surface area (Å²) < 4.78 is 11.2. The number of hydrogen-bond acceptors (Lipinski definition) is 4. The third-order valence-corrected chi connectivity index (χ3v) is 4.46. The van der Waals surface area contributed by atoms with Gasteiger partial charge in [0.05, 0.1) is 0 Å². The molecule has 1 aliphatic heterocycles. The summed E-state index contributed by atoms with van der Waals surface area (Å²) in [5.74, 6) is 2.78. The van der Waals surface area contributed by atoms with Gasteiger partial charge in [-0.25, -0.2) is 0 Å². The summed E-state index contributed by atoms with van der Waals surface area (Å²) in [6, 6.07) is 13.4. The van der Waals surface area contributed by atoms with E-state index in [2.05, 4.69) is 21.3 Å². The maximum absolute atomic E-state index is 9.33. The molecule has 0 radical (unpaired) electrons. The molecule has 0 fully saturated rings. The number of aromatic hydroxyl groups is 1. The fourth-order valence-corrected chi connectivity index (χ4v) is 3.07. The zero-order chi connectivity index (χ0) is 19.1. The number of aryl methyl sites for hydroxylation is 1. The molecule has 152 valence electrons. The Balaban J connectivity index is 0.00000280. The van der Waals surface area contributed by atoms with Gasteiger partial charge in [-0.3, -0.25) is 4.99 Å². The third kappa shape index (κ3) is 6.19. The Labute approximate surface area is 183 Å². The number of nitrogens with one attached hydrogen (secondary N) is 1. The van der Waals surface area contributed by atoms with Crippen molar-refractivity contribution in [1.82, 2.24) is 10.2 Å². The van der Waals surface area contributed by atoms with Crippen LogP contribution < -0.4 is 14.8 Å². The molecule has 0 spiro atoms. The molecule has 0 bridgehead atoms. The van der Waals surface area contributed by atoms with Crippen LogP contribution in [0.3, 0.4) is 0 Å². The highest BCUT2D eigenvalue weighted by molar-refractivity contribution is 14.0. The average molecular weight is 497 g/mol. The van der Waals surface area contributed by atoms with Crippen molar-refractivity contribution in [1.29, 1.82) is 0 Å². The van der Waals surface area contributed by atoms with Crippen LogP contribution in [0, 0.1) is 0 Å². The molecule has 1 aliphatic rings. The van der Waals surface area contributed by atoms with Gasteiger partial charge in [0.1, 0.15) is 19.0 Å². The van der Waals surface area contributed by atoms with Gasteiger partial charge in [0.2, 0.25) is 0 Å². The number of hydrogen-bond donors (Lipinski definition) is 2. The molecule has 0 aliphatic carbocycles. The van der Waals surface area contributed by atoms with E-state index in [4.69, 9.17) is 9.47 Å². The minimum Gasteiger partial charge on any atom is -0.508 e. The number of phenols is 1. The molecule has 0 aromatic heterocycles. The van der Waals surface area contributed by atoms with Crippen LogP contribution in [0.4, 0.5) is 0 Å². The van der Waals surface area contributed by atoms with E-state index in [1.807, 2.05) is 31.3 Å². The van der Waals surface area contributed by atoms with Crippen LogP contribution in [-0.2, 0) is 13.0 Å². The monoisotopic (exact) mass is 497 g/mol. The van der Waals surface area contributed by atoms with Crippen LogP contribution in [0.15, 0.2) is 47.5 Å². The summed E-state index contributed by atoms with van der Waals surface area (Å²) in [4.78, 5) is 6.46. The molecule has 2 aromatic carbocycles. The topological polar surface area (TPSA) is 66.3 Å². The van der Waals surface area contributed by atoms with Crippen LogP contribution in [0.1, 0.15) is 17.5 Å². The normalized spacial score (nSPS) is 12.9. The van der Waals surface area contributed by atoms with E-state index in [1.54, 1.807) is 19.2 Å². The van der Waals surface area contributed by atoms with Gasteiger partial charge in [-0.1, -0.05) is 18.2 Å². The molecule has 0 unspecified atom stereocenters. The Morgan fingerprint density at radius 3 is 2.46 bits per heavy atom. The number of phenolic OH excluding ortho intramolecular Hbond substituents is 1. The highest BCUT2D eigenvalue weighted by Gasteiger charge is 2.13. The van der Waals surface area contributed by atoms with Crippen molar-refractivity contribution < 1.29 is 14.6 Å². The Kier molecular flexibility index (Phi) is 8.69. The SMILES string of the molecule is CN=C(NCCCc1ccc(O)cc1)N(C)Cc1ccc2c(c1)OCCO2.I. The summed E-state index contributed by atoms with van der Waals surface area (Å²) in [7, 11) is 3.81. The van der Waals surface area contributed by atoms with Crippen LogP contribution in [0.5, 0.6) is 17.2 Å². The predicted molar refractivity (Wildman–Crippen MR) is 122 cm³/mol. The molecule has 2 aromatic rings. The minimum absolute atomic E-state index is 0. The lowest BCUT2D eigenvalue weighted by molar-refractivity contribution is 0.171. The number of benzene rings is 2. The molecule has 2 N–H and O–H groups in total. The zero-order valence-corrected chi connectivity index (χ0v) is 18.7. The lowest BCUT2D eigenvalue weighted by atomic mass is 10.1. The van der Waals surface area contributed by atoms with Gasteiger partial charge in [-0.2, -0.15) is 0 Å². The maximum atomic E-state index is 9.33. The van der Waals surface area contributed by atoms with Gasteiger partial charge >= 0.3 is 0 Å². The Morgan fingerprint density at radius 2 is 1.75 bits per heavy atom. The third-order valence-electron chi connectivity index (χ3n) is 4.46. The van der Waals surface area contributed by atoms with Crippen molar-refractivity contribution in [3.63, 3.8) is 0 Å².